The Bertz CT molecular complexity index is 939. The number of benzene rings is 3. The lowest BCUT2D eigenvalue weighted by molar-refractivity contribution is -0.889. The Morgan fingerprint density at radius 2 is 1.23 bits per heavy atom. The van der Waals surface area contributed by atoms with Crippen molar-refractivity contribution in [1.29, 1.82) is 0 Å². The van der Waals surface area contributed by atoms with Crippen LogP contribution in [0.5, 0.6) is 0 Å². The van der Waals surface area contributed by atoms with Crippen molar-refractivity contribution in [3.05, 3.63) is 113 Å². The molecule has 0 aromatic heterocycles. The number of rotatable bonds is 6. The second-order valence-corrected chi connectivity index (χ2v) is 8.84. The van der Waals surface area contributed by atoms with Crippen LogP contribution in [0.4, 0.5) is 0 Å². The maximum absolute atomic E-state index is 2.49. The third kappa shape index (κ3) is 5.50. The number of likely N-dealkylation sites (N-methyl/N-ethyl adjacent to an activating group) is 1. The van der Waals surface area contributed by atoms with E-state index < -0.39 is 0 Å². The van der Waals surface area contributed by atoms with E-state index in [0.29, 0.717) is 0 Å². The summed E-state index contributed by atoms with van der Waals surface area (Å²) in [6, 6.07) is 28.8. The SMILES string of the molecule is C[N+](C)(CCC=C1c2ccccc2CCc2ccccc21)CCc1ccccc1.[Br-]. The highest BCUT2D eigenvalue weighted by Gasteiger charge is 2.18. The normalized spacial score (nSPS) is 12.9. The molecule has 3 aromatic carbocycles. The minimum absolute atomic E-state index is 0. The first-order chi connectivity index (χ1) is 14.1. The monoisotopic (exact) mass is 461 g/mol. The van der Waals surface area contributed by atoms with Crippen LogP contribution in [0.2, 0.25) is 0 Å². The molecule has 4 rings (SSSR count). The molecule has 0 atom stereocenters. The number of aryl methyl sites for hydroxylation is 2. The third-order valence-corrected chi connectivity index (χ3v) is 6.21. The topological polar surface area (TPSA) is 0 Å². The Hall–Kier alpha value is -2.16. The van der Waals surface area contributed by atoms with Gasteiger partial charge in [-0.2, -0.15) is 0 Å². The summed E-state index contributed by atoms with van der Waals surface area (Å²) < 4.78 is 1.04. The highest BCUT2D eigenvalue weighted by atomic mass is 79.9. The van der Waals surface area contributed by atoms with Gasteiger partial charge in [0.05, 0.1) is 27.2 Å². The van der Waals surface area contributed by atoms with E-state index >= 15 is 0 Å². The van der Waals surface area contributed by atoms with Crippen molar-refractivity contribution in [3.8, 4) is 0 Å². The van der Waals surface area contributed by atoms with Crippen LogP contribution in [0.3, 0.4) is 0 Å². The zero-order valence-corrected chi connectivity index (χ0v) is 19.7. The molecular weight excluding hydrogens is 430 g/mol. The Kier molecular flexibility index (Phi) is 7.69. The lowest BCUT2D eigenvalue weighted by Gasteiger charge is -2.29. The van der Waals surface area contributed by atoms with E-state index in [1.54, 1.807) is 0 Å². The van der Waals surface area contributed by atoms with Gasteiger partial charge in [0, 0.05) is 12.8 Å². The van der Waals surface area contributed by atoms with Gasteiger partial charge in [-0.25, -0.2) is 0 Å². The molecule has 2 heteroatoms. The quantitative estimate of drug-likeness (QED) is 0.495. The van der Waals surface area contributed by atoms with Gasteiger partial charge in [0.15, 0.2) is 0 Å². The molecule has 0 fully saturated rings. The van der Waals surface area contributed by atoms with Gasteiger partial charge in [-0.3, -0.25) is 0 Å². The summed E-state index contributed by atoms with van der Waals surface area (Å²) in [6.45, 7) is 2.32. The number of halogens is 1. The molecule has 3 aromatic rings. The number of fused-ring (bicyclic) bond motifs is 2. The summed E-state index contributed by atoms with van der Waals surface area (Å²) in [7, 11) is 4.72. The molecule has 156 valence electrons. The van der Waals surface area contributed by atoms with E-state index in [1.807, 2.05) is 0 Å². The lowest BCUT2D eigenvalue weighted by Crippen LogP contribution is -3.00. The second kappa shape index (κ2) is 10.2. The van der Waals surface area contributed by atoms with E-state index in [4.69, 9.17) is 0 Å². The zero-order valence-electron chi connectivity index (χ0n) is 18.2. The number of hydrogen-bond donors (Lipinski definition) is 0. The molecule has 0 aliphatic heterocycles. The number of nitrogens with zero attached hydrogens (tertiary/aromatic N) is 1. The van der Waals surface area contributed by atoms with Gasteiger partial charge in [0.25, 0.3) is 0 Å². The van der Waals surface area contributed by atoms with E-state index in [0.717, 1.165) is 36.7 Å². The predicted molar refractivity (Wildman–Crippen MR) is 124 cm³/mol. The summed E-state index contributed by atoms with van der Waals surface area (Å²) in [6.07, 6.45) is 6.98. The first-order valence-corrected chi connectivity index (χ1v) is 10.8. The number of hydrogen-bond acceptors (Lipinski definition) is 0. The van der Waals surface area contributed by atoms with Crippen molar-refractivity contribution in [2.24, 2.45) is 0 Å². The van der Waals surface area contributed by atoms with Crippen LogP contribution < -0.4 is 17.0 Å². The number of quaternary nitrogens is 1. The van der Waals surface area contributed by atoms with E-state index in [9.17, 15) is 0 Å². The van der Waals surface area contributed by atoms with Gasteiger partial charge in [-0.15, -0.1) is 0 Å². The van der Waals surface area contributed by atoms with Crippen molar-refractivity contribution in [1.82, 2.24) is 0 Å². The average Bonchev–Trinajstić information content (AvgIpc) is 2.91. The molecule has 0 radical (unpaired) electrons. The molecule has 1 aliphatic carbocycles. The molecule has 1 nitrogen and oxygen atoms in total. The van der Waals surface area contributed by atoms with Gasteiger partial charge in [0.1, 0.15) is 0 Å². The molecule has 1 aliphatic rings. The van der Waals surface area contributed by atoms with Crippen molar-refractivity contribution in [2.45, 2.75) is 25.7 Å². The van der Waals surface area contributed by atoms with E-state index in [1.165, 1.54) is 39.9 Å². The molecule has 0 amide bonds. The van der Waals surface area contributed by atoms with Crippen LogP contribution in [-0.4, -0.2) is 31.7 Å². The Balaban J connectivity index is 0.00000256. The first kappa shape index (κ1) is 22.5. The molecule has 30 heavy (non-hydrogen) atoms. The van der Waals surface area contributed by atoms with Gasteiger partial charge in [-0.1, -0.05) is 84.9 Å². The predicted octanol–water partition coefficient (Wildman–Crippen LogP) is 2.93. The standard InChI is InChI=1S/C28H32N.BrH/c1-29(2,22-20-23-11-4-3-5-12-23)21-10-17-28-26-15-8-6-13-24(26)18-19-25-14-7-9-16-27(25)28;/h3-9,11-17H,10,18-22H2,1-2H3;1H/q+1;/p-1. The molecular formula is C28H32BrN. The summed E-state index contributed by atoms with van der Waals surface area (Å²) >= 11 is 0. The van der Waals surface area contributed by atoms with E-state index in [-0.39, 0.29) is 17.0 Å². The third-order valence-electron chi connectivity index (χ3n) is 6.21. The van der Waals surface area contributed by atoms with Crippen molar-refractivity contribution in [2.75, 3.05) is 27.2 Å². The summed E-state index contributed by atoms with van der Waals surface area (Å²) in [5.74, 6) is 0. The first-order valence-electron chi connectivity index (χ1n) is 10.8. The smallest absolute Gasteiger partial charge is 0.0823 e. The van der Waals surface area contributed by atoms with Crippen LogP contribution in [0.25, 0.3) is 5.57 Å². The summed E-state index contributed by atoms with van der Waals surface area (Å²) in [5, 5.41) is 0. The lowest BCUT2D eigenvalue weighted by atomic mass is 9.93. The van der Waals surface area contributed by atoms with Gasteiger partial charge >= 0.3 is 0 Å². The minimum Gasteiger partial charge on any atom is -1.00 e. The second-order valence-electron chi connectivity index (χ2n) is 8.84. The Morgan fingerprint density at radius 3 is 1.83 bits per heavy atom. The van der Waals surface area contributed by atoms with Gasteiger partial charge in [0.2, 0.25) is 0 Å². The van der Waals surface area contributed by atoms with Crippen LogP contribution >= 0.6 is 0 Å². The van der Waals surface area contributed by atoms with Gasteiger partial charge < -0.3 is 21.5 Å². The fourth-order valence-corrected chi connectivity index (χ4v) is 4.38. The largest absolute Gasteiger partial charge is 1.00 e. The fraction of sp³-hybridized carbons (Fsp3) is 0.286. The minimum atomic E-state index is 0. The Morgan fingerprint density at radius 1 is 0.700 bits per heavy atom. The van der Waals surface area contributed by atoms with Crippen molar-refractivity contribution >= 4 is 5.57 Å². The molecule has 0 N–H and O–H groups in total. The van der Waals surface area contributed by atoms with Crippen LogP contribution in [0.15, 0.2) is 84.9 Å². The van der Waals surface area contributed by atoms with Crippen LogP contribution in [0.1, 0.15) is 34.2 Å². The van der Waals surface area contributed by atoms with E-state index in [2.05, 4.69) is 99.0 Å². The van der Waals surface area contributed by atoms with Crippen LogP contribution in [0, 0.1) is 0 Å². The molecule has 0 saturated heterocycles. The molecule has 0 saturated carbocycles. The fourth-order valence-electron chi connectivity index (χ4n) is 4.38. The summed E-state index contributed by atoms with van der Waals surface area (Å²) in [5.41, 5.74) is 8.67. The maximum atomic E-state index is 2.49. The zero-order chi connectivity index (χ0) is 20.1. The molecule has 0 unspecified atom stereocenters. The highest BCUT2D eigenvalue weighted by molar-refractivity contribution is 5.83. The van der Waals surface area contributed by atoms with Crippen molar-refractivity contribution in [3.63, 3.8) is 0 Å². The van der Waals surface area contributed by atoms with Crippen molar-refractivity contribution < 1.29 is 21.5 Å². The average molecular weight is 462 g/mol. The molecule has 0 heterocycles. The highest BCUT2D eigenvalue weighted by Crippen LogP contribution is 2.33. The Labute approximate surface area is 192 Å². The summed E-state index contributed by atoms with van der Waals surface area (Å²) in [4.78, 5) is 0. The molecule has 0 bridgehead atoms. The maximum Gasteiger partial charge on any atom is 0.0823 e. The van der Waals surface area contributed by atoms with Gasteiger partial charge in [-0.05, 0) is 46.2 Å². The molecule has 0 spiro atoms. The van der Waals surface area contributed by atoms with Crippen LogP contribution in [-0.2, 0) is 19.3 Å².